The number of para-hydroxylation sites is 1. The molecule has 0 amide bonds. The molecule has 0 bridgehead atoms. The number of aromatic nitrogens is 2. The topological polar surface area (TPSA) is 58.9 Å². The maximum absolute atomic E-state index is 11.2. The number of benzene rings is 1. The van der Waals surface area contributed by atoms with Gasteiger partial charge in [0.25, 0.3) is 0 Å². The van der Waals surface area contributed by atoms with E-state index in [1.54, 1.807) is 6.08 Å². The zero-order chi connectivity index (χ0) is 15.4. The van der Waals surface area contributed by atoms with Gasteiger partial charge >= 0.3 is 0 Å². The van der Waals surface area contributed by atoms with E-state index in [9.17, 15) is 4.79 Å². The molecule has 1 aromatic heterocycles. The van der Waals surface area contributed by atoms with Gasteiger partial charge in [-0.25, -0.2) is 4.68 Å². The highest BCUT2D eigenvalue weighted by Crippen LogP contribution is 2.29. The molecule has 21 heavy (non-hydrogen) atoms. The van der Waals surface area contributed by atoms with Gasteiger partial charge in [-0.3, -0.25) is 4.79 Å². The van der Waals surface area contributed by atoms with Gasteiger partial charge in [0.05, 0.1) is 11.4 Å². The lowest BCUT2D eigenvalue weighted by Crippen LogP contribution is -2.05. The van der Waals surface area contributed by atoms with Crippen LogP contribution in [0.5, 0.6) is 0 Å². The van der Waals surface area contributed by atoms with Crippen molar-refractivity contribution in [3.05, 3.63) is 47.8 Å². The maximum atomic E-state index is 11.2. The van der Waals surface area contributed by atoms with Crippen LogP contribution in [0.3, 0.4) is 0 Å². The van der Waals surface area contributed by atoms with E-state index in [4.69, 9.17) is 0 Å². The number of nitrogens with one attached hydrogen (secondary N) is 2. The second-order valence-electron chi connectivity index (χ2n) is 4.87. The summed E-state index contributed by atoms with van der Waals surface area (Å²) in [5, 5.41) is 11.0. The predicted octanol–water partition coefficient (Wildman–Crippen LogP) is 3.13. The highest BCUT2D eigenvalue weighted by Gasteiger charge is 2.15. The normalized spacial score (nSPS) is 11.3. The molecule has 2 rings (SSSR count). The Labute approximate surface area is 124 Å². The van der Waals surface area contributed by atoms with Crippen LogP contribution in [-0.2, 0) is 4.79 Å². The number of nitrogens with zero attached hydrogens (tertiary/aromatic N) is 2. The smallest absolute Gasteiger partial charge is 0.154 e. The van der Waals surface area contributed by atoms with Crippen LogP contribution in [-0.4, -0.2) is 22.6 Å². The van der Waals surface area contributed by atoms with E-state index in [0.29, 0.717) is 0 Å². The molecule has 0 aliphatic heterocycles. The monoisotopic (exact) mass is 284 g/mol. The molecular weight excluding hydrogens is 264 g/mol. The van der Waals surface area contributed by atoms with Crippen molar-refractivity contribution in [3.63, 3.8) is 0 Å². The second kappa shape index (κ2) is 6.26. The van der Waals surface area contributed by atoms with Crippen molar-refractivity contribution in [2.75, 3.05) is 17.7 Å². The van der Waals surface area contributed by atoms with Crippen molar-refractivity contribution >= 4 is 17.3 Å². The number of carbonyl (C=O) groups excluding carboxylic acids is 1. The molecule has 5 heteroatoms. The van der Waals surface area contributed by atoms with Gasteiger partial charge in [0.1, 0.15) is 5.69 Å². The van der Waals surface area contributed by atoms with E-state index in [-0.39, 0.29) is 5.78 Å². The third kappa shape index (κ3) is 3.31. The molecule has 110 valence electrons. The lowest BCUT2D eigenvalue weighted by Gasteiger charge is -2.10. The number of anilines is 2. The van der Waals surface area contributed by atoms with Gasteiger partial charge in [0.2, 0.25) is 0 Å². The Morgan fingerprint density at radius 2 is 1.90 bits per heavy atom. The zero-order valence-electron chi connectivity index (χ0n) is 12.8. The molecule has 0 unspecified atom stereocenters. The highest BCUT2D eigenvalue weighted by atomic mass is 16.1. The molecule has 0 fully saturated rings. The van der Waals surface area contributed by atoms with Crippen LogP contribution >= 0.6 is 0 Å². The summed E-state index contributed by atoms with van der Waals surface area (Å²) in [7, 11) is 1.85. The third-order valence-corrected chi connectivity index (χ3v) is 3.04. The fourth-order valence-corrected chi connectivity index (χ4v) is 2.20. The molecule has 0 aliphatic carbocycles. The van der Waals surface area contributed by atoms with Gasteiger partial charge in [-0.05, 0) is 39.0 Å². The largest absolute Gasteiger partial charge is 0.371 e. The maximum Gasteiger partial charge on any atom is 0.154 e. The molecular formula is C16H20N4O. The van der Waals surface area contributed by atoms with Crippen molar-refractivity contribution < 1.29 is 4.79 Å². The third-order valence-electron chi connectivity index (χ3n) is 3.04. The van der Waals surface area contributed by atoms with E-state index in [2.05, 4.69) is 15.7 Å². The average molecular weight is 284 g/mol. The van der Waals surface area contributed by atoms with E-state index in [1.807, 2.05) is 55.9 Å². The Morgan fingerprint density at radius 3 is 2.48 bits per heavy atom. The van der Waals surface area contributed by atoms with E-state index >= 15 is 0 Å². The second-order valence-corrected chi connectivity index (χ2v) is 4.87. The first-order chi connectivity index (χ1) is 10.0. The van der Waals surface area contributed by atoms with Crippen LogP contribution in [0, 0.1) is 6.92 Å². The Balaban J connectivity index is 2.44. The van der Waals surface area contributed by atoms with Crippen molar-refractivity contribution in [3.8, 4) is 5.69 Å². The summed E-state index contributed by atoms with van der Waals surface area (Å²) in [6.45, 7) is 5.33. The predicted molar refractivity (Wildman–Crippen MR) is 85.9 cm³/mol. The van der Waals surface area contributed by atoms with Gasteiger partial charge in [0.15, 0.2) is 11.6 Å². The molecule has 0 atom stereocenters. The summed E-state index contributed by atoms with van der Waals surface area (Å²) < 4.78 is 1.85. The van der Waals surface area contributed by atoms with Crippen LogP contribution in [0.4, 0.5) is 11.5 Å². The Hall–Kier alpha value is -2.56. The van der Waals surface area contributed by atoms with Crippen molar-refractivity contribution in [2.45, 2.75) is 20.8 Å². The van der Waals surface area contributed by atoms with Crippen LogP contribution in [0.25, 0.3) is 5.69 Å². The lowest BCUT2D eigenvalue weighted by atomic mass is 10.3. The average Bonchev–Trinajstić information content (AvgIpc) is 2.75. The number of hydrogen-bond donors (Lipinski definition) is 2. The number of carbonyl (C=O) groups is 1. The number of hydrogen-bond acceptors (Lipinski definition) is 4. The number of aryl methyl sites for hydroxylation is 1. The molecule has 0 saturated heterocycles. The van der Waals surface area contributed by atoms with Gasteiger partial charge in [-0.2, -0.15) is 5.10 Å². The summed E-state index contributed by atoms with van der Waals surface area (Å²) in [5.74, 6) is 0.870. The molecule has 1 aromatic carbocycles. The number of rotatable bonds is 5. The van der Waals surface area contributed by atoms with Crippen molar-refractivity contribution in [1.29, 1.82) is 0 Å². The van der Waals surface area contributed by atoms with E-state index in [1.165, 1.54) is 6.92 Å². The minimum Gasteiger partial charge on any atom is -0.371 e. The highest BCUT2D eigenvalue weighted by molar-refractivity contribution is 5.88. The Kier molecular flexibility index (Phi) is 4.42. The van der Waals surface area contributed by atoms with E-state index in [0.717, 1.165) is 28.6 Å². The fourth-order valence-electron chi connectivity index (χ4n) is 2.20. The summed E-state index contributed by atoms with van der Waals surface area (Å²) in [5.41, 5.74) is 3.50. The quantitative estimate of drug-likeness (QED) is 0.828. The minimum absolute atomic E-state index is 0.0131. The van der Waals surface area contributed by atoms with Crippen LogP contribution in [0.1, 0.15) is 19.5 Å². The summed E-state index contributed by atoms with van der Waals surface area (Å²) in [6, 6.07) is 9.90. The molecule has 0 aliphatic rings. The van der Waals surface area contributed by atoms with Crippen LogP contribution < -0.4 is 10.6 Å². The van der Waals surface area contributed by atoms with Crippen LogP contribution in [0.2, 0.25) is 0 Å². The number of ketones is 1. The standard InChI is InChI=1S/C16H20N4O/c1-11(10-12(2)21)18-15-13(3)19-20(16(15)17-4)14-8-6-5-7-9-14/h5-10,17-18H,1-4H3/b11-10+. The van der Waals surface area contributed by atoms with Gasteiger partial charge < -0.3 is 10.6 Å². The SMILES string of the molecule is CNc1c(N/C(C)=C/C(C)=O)c(C)nn1-c1ccccc1. The first-order valence-electron chi connectivity index (χ1n) is 6.81. The Morgan fingerprint density at radius 1 is 1.24 bits per heavy atom. The van der Waals surface area contributed by atoms with Crippen LogP contribution in [0.15, 0.2) is 42.1 Å². The van der Waals surface area contributed by atoms with Crippen molar-refractivity contribution in [2.24, 2.45) is 0 Å². The summed E-state index contributed by atoms with van der Waals surface area (Å²) >= 11 is 0. The minimum atomic E-state index is 0.0131. The number of allylic oxidation sites excluding steroid dienone is 2. The molecule has 1 heterocycles. The Bertz CT molecular complexity index is 671. The van der Waals surface area contributed by atoms with Gasteiger partial charge in [-0.15, -0.1) is 0 Å². The first-order valence-corrected chi connectivity index (χ1v) is 6.81. The van der Waals surface area contributed by atoms with Gasteiger partial charge in [-0.1, -0.05) is 18.2 Å². The fraction of sp³-hybridized carbons (Fsp3) is 0.250. The molecule has 0 saturated carbocycles. The zero-order valence-corrected chi connectivity index (χ0v) is 12.8. The molecule has 2 N–H and O–H groups in total. The summed E-state index contributed by atoms with van der Waals surface area (Å²) in [6.07, 6.45) is 1.57. The van der Waals surface area contributed by atoms with Crippen molar-refractivity contribution in [1.82, 2.24) is 9.78 Å². The first kappa shape index (κ1) is 14.8. The lowest BCUT2D eigenvalue weighted by molar-refractivity contribution is -0.112. The van der Waals surface area contributed by atoms with Gasteiger partial charge in [0, 0.05) is 12.7 Å². The summed E-state index contributed by atoms with van der Waals surface area (Å²) in [4.78, 5) is 11.2. The molecule has 2 aromatic rings. The molecule has 0 spiro atoms. The molecule has 0 radical (unpaired) electrons. The van der Waals surface area contributed by atoms with E-state index < -0.39 is 0 Å². The molecule has 5 nitrogen and oxygen atoms in total.